The molecule has 604 valence electrons. The van der Waals surface area contributed by atoms with Gasteiger partial charge in [-0.25, -0.2) is 34.8 Å². The van der Waals surface area contributed by atoms with E-state index in [-0.39, 0.29) is 198 Å². The fourth-order valence-corrected chi connectivity index (χ4v) is 14.9. The topological polar surface area (TPSA) is 351 Å². The van der Waals surface area contributed by atoms with Crippen LogP contribution in [-0.4, -0.2) is 128 Å². The molecular weight excluding hydrogens is 1630 g/mol. The van der Waals surface area contributed by atoms with Gasteiger partial charge in [-0.2, -0.15) is 16.8 Å². The van der Waals surface area contributed by atoms with Gasteiger partial charge in [-0.1, -0.05) is 158 Å². The third-order valence-electron chi connectivity index (χ3n) is 17.9. The average Bonchev–Trinajstić information content (AvgIpc) is 0.791. The summed E-state index contributed by atoms with van der Waals surface area (Å²) in [6, 6.07) is 25.3. The number of carboxylic acid groups (broad SMARTS) is 1. The average molecular weight is 1720 g/mol. The summed E-state index contributed by atoms with van der Waals surface area (Å²) >= 11 is 36.6. The lowest BCUT2D eigenvalue weighted by molar-refractivity contribution is -0.140. The summed E-state index contributed by atoms with van der Waals surface area (Å²) in [7, 11) is -3.30. The molecule has 3 aliphatic heterocycles. The molecule has 0 aliphatic carbocycles. The number of amides is 1. The molecule has 0 aromatic heterocycles. The van der Waals surface area contributed by atoms with Gasteiger partial charge in [-0.3, -0.25) is 28.8 Å². The number of nitrogens with one attached hydrogen (secondary N) is 1. The minimum atomic E-state index is -3.30. The van der Waals surface area contributed by atoms with Crippen molar-refractivity contribution in [2.45, 2.75) is 166 Å². The number of sulfone groups is 1. The predicted molar refractivity (Wildman–Crippen MR) is 426 cm³/mol. The van der Waals surface area contributed by atoms with Crippen molar-refractivity contribution in [1.29, 1.82) is 0 Å². The second kappa shape index (κ2) is 44.0. The van der Waals surface area contributed by atoms with Gasteiger partial charge in [-0.05, 0) is 91.8 Å². The molecule has 10 N–H and O–H groups in total. The Morgan fingerprint density at radius 3 is 1.18 bits per heavy atom. The van der Waals surface area contributed by atoms with Crippen molar-refractivity contribution in [3.05, 3.63) is 155 Å². The summed E-state index contributed by atoms with van der Waals surface area (Å²) in [5, 5.41) is 13.1. The van der Waals surface area contributed by atoms with Gasteiger partial charge in [0.25, 0.3) is 17.8 Å². The Hall–Kier alpha value is -7.55. The zero-order chi connectivity index (χ0) is 82.2. The molecule has 0 saturated carbocycles. The maximum Gasteiger partial charge on any atom is 0.335 e. The van der Waals surface area contributed by atoms with Crippen LogP contribution in [-0.2, 0) is 81.0 Å². The SMILES string of the molecule is C.CCS(=O)(=O)c1ccc(C(CC(C)=O)C(=O)O)cc1.CCc1ccc(C(CC(C)=O)C(=O)Cc2c(N)cc(Cl)c(N3CCC(F)(F)CC3)c2Cl)cc1.CCc1ccc(C(CC(C)=O)C(=O)Nc2cc(Cl)c(N3CCC(F)(F)CC3)c(Cl)c2N)cc1.Nc1cc(Cl)c(N2CCC(F)(F)CC2)c(Cl)c1N.O=S=O.O=S=O. The molecule has 3 unspecified atom stereocenters. The second-order valence-corrected chi connectivity index (χ2v) is 30.7. The van der Waals surface area contributed by atoms with Crippen LogP contribution >= 0.6 is 69.6 Å². The van der Waals surface area contributed by atoms with Crippen molar-refractivity contribution in [2.24, 2.45) is 0 Å². The van der Waals surface area contributed by atoms with E-state index >= 15 is 0 Å². The number of aliphatic carboxylic acids is 1. The van der Waals surface area contributed by atoms with Crippen molar-refractivity contribution in [3.63, 3.8) is 0 Å². The summed E-state index contributed by atoms with van der Waals surface area (Å²) in [5.74, 6) is -12.5. The number of hydrogen-bond acceptors (Lipinski definition) is 19. The number of ketones is 4. The van der Waals surface area contributed by atoms with E-state index in [4.69, 9.17) is 114 Å². The zero-order valence-corrected chi connectivity index (χ0v) is 67.1. The molecule has 6 aromatic rings. The number of nitrogens with zero attached hydrogens (tertiary/aromatic N) is 3. The number of benzene rings is 6. The number of halogens is 12. The van der Waals surface area contributed by atoms with Gasteiger partial charge in [0.05, 0.1) is 92.4 Å². The highest BCUT2D eigenvalue weighted by atomic mass is 35.5. The Bertz CT molecular complexity index is 4380. The lowest BCUT2D eigenvalue weighted by atomic mass is 9.86. The first-order valence-corrected chi connectivity index (χ1v) is 39.1. The van der Waals surface area contributed by atoms with Crippen LogP contribution in [0.5, 0.6) is 0 Å². The largest absolute Gasteiger partial charge is 0.481 e. The van der Waals surface area contributed by atoms with Crippen molar-refractivity contribution in [2.75, 3.05) is 88.0 Å². The third kappa shape index (κ3) is 28.3. The van der Waals surface area contributed by atoms with Gasteiger partial charge < -0.3 is 48.1 Å². The maximum absolute atomic E-state index is 13.6. The van der Waals surface area contributed by atoms with Crippen molar-refractivity contribution in [1.82, 2.24) is 0 Å². The minimum Gasteiger partial charge on any atom is -0.481 e. The number of rotatable bonds is 22. The monoisotopic (exact) mass is 1720 g/mol. The standard InChI is InChI=1S/C25H28Cl2F2N2O2.C24H27Cl2F2N3O2.C13H16O5S.C11H13Cl2F2N3.CH4.2O2S/c1-3-16-4-6-17(7-5-16)18(12-15(2)32)22(33)13-19-21(30)14-20(26)24(23(19)27)31-10-8-25(28,29)9-11-31;1-3-15-4-6-16(7-5-15)17(12-14(2)32)23(33)30-19-13-18(25)22(20(26)21(19)29)31-10-8-24(27,28)9-11-31;1-3-19(17,18)11-6-4-10(5-7-11)12(13(15)16)8-9(2)14;12-6-5-7(16)9(17)8(13)10(6)18-3-1-11(14,15)2-4-18;;2*1-3-2/h4-7,14,18H,3,8-13,30H2,1-2H3;4-7,13,17H,3,8-12,29H2,1-2H3,(H,30,33);4-7,12H,3,8H2,1-2H3,(H,15,16);5H,1-4,16-17H2;1H4;;. The predicted octanol–water partition coefficient (Wildman–Crippen LogP) is 16.6. The number of aryl methyl sites for hydroxylation is 2. The summed E-state index contributed by atoms with van der Waals surface area (Å²) in [6.45, 7) is 10.6. The number of piperidine rings is 3. The Morgan fingerprint density at radius 1 is 0.500 bits per heavy atom. The smallest absolute Gasteiger partial charge is 0.335 e. The first kappa shape index (κ1) is 96.6. The van der Waals surface area contributed by atoms with E-state index in [2.05, 4.69) is 5.32 Å². The van der Waals surface area contributed by atoms with E-state index in [0.29, 0.717) is 38.8 Å². The van der Waals surface area contributed by atoms with Gasteiger partial charge in [0.15, 0.2) is 9.84 Å². The molecule has 21 nitrogen and oxygen atoms in total. The normalized spacial score (nSPS) is 15.4. The van der Waals surface area contributed by atoms with Crippen molar-refractivity contribution in [3.8, 4) is 0 Å². The summed E-state index contributed by atoms with van der Waals surface area (Å²) in [4.78, 5) is 77.7. The molecule has 3 saturated heterocycles. The molecule has 0 radical (unpaired) electrons. The van der Waals surface area contributed by atoms with E-state index < -0.39 is 80.4 Å². The van der Waals surface area contributed by atoms with Crippen LogP contribution in [0.15, 0.2) is 95.9 Å². The summed E-state index contributed by atoms with van der Waals surface area (Å²) < 4.78 is 137. The highest BCUT2D eigenvalue weighted by molar-refractivity contribution is 7.91. The fourth-order valence-electron chi connectivity index (χ4n) is 11.8. The maximum atomic E-state index is 13.6. The number of carbonyl (C=O) groups excluding carboxylic acids is 5. The molecular formula is C74H88Cl6F6N8O13S3. The van der Waals surface area contributed by atoms with Crippen LogP contribution in [0.4, 0.5) is 71.8 Å². The highest BCUT2D eigenvalue weighted by Crippen LogP contribution is 2.47. The molecule has 3 heterocycles. The van der Waals surface area contributed by atoms with Crippen molar-refractivity contribution < 1.29 is 85.5 Å². The van der Waals surface area contributed by atoms with E-state index in [9.17, 15) is 63.5 Å². The van der Waals surface area contributed by atoms with E-state index in [1.807, 2.05) is 62.4 Å². The Balaban J connectivity index is 0.000000381. The van der Waals surface area contributed by atoms with E-state index in [0.717, 1.165) is 29.5 Å². The van der Waals surface area contributed by atoms with Crippen LogP contribution < -0.4 is 43.0 Å². The third-order valence-corrected chi connectivity index (χ3v) is 21.7. The van der Waals surface area contributed by atoms with Gasteiger partial charge in [-0.15, -0.1) is 0 Å². The van der Waals surface area contributed by atoms with Gasteiger partial charge in [0, 0.05) is 121 Å². The molecule has 110 heavy (non-hydrogen) atoms. The first-order valence-electron chi connectivity index (χ1n) is 33.8. The molecule has 3 fully saturated rings. The van der Waals surface area contributed by atoms with Crippen LogP contribution in [0.2, 0.25) is 30.1 Å². The lowest BCUT2D eigenvalue weighted by Crippen LogP contribution is -2.39. The Morgan fingerprint density at radius 2 is 0.818 bits per heavy atom. The number of nitrogens with two attached hydrogens (primary N) is 4. The lowest BCUT2D eigenvalue weighted by Gasteiger charge is -2.35. The van der Waals surface area contributed by atoms with Gasteiger partial charge in [0.2, 0.25) is 5.91 Å². The summed E-state index contributed by atoms with van der Waals surface area (Å²) in [5.41, 5.74) is 30.6. The van der Waals surface area contributed by atoms with Crippen molar-refractivity contribution >= 4 is 183 Å². The Labute approximate surface area is 672 Å². The molecule has 6 aromatic carbocycles. The molecule has 0 spiro atoms. The second-order valence-electron chi connectivity index (χ2n) is 25.8. The zero-order valence-electron chi connectivity index (χ0n) is 60.1. The molecule has 0 bridgehead atoms. The quantitative estimate of drug-likeness (QED) is 0.0272. The summed E-state index contributed by atoms with van der Waals surface area (Å²) in [6.07, 6.45) is -0.00752. The molecule has 1 amide bonds. The molecule has 9 rings (SSSR count). The highest BCUT2D eigenvalue weighted by Gasteiger charge is 2.39. The van der Waals surface area contributed by atoms with Crippen LogP contribution in [0.1, 0.15) is 158 Å². The Kier molecular flexibility index (Phi) is 38.7. The number of anilines is 8. The van der Waals surface area contributed by atoms with Crippen LogP contribution in [0.3, 0.4) is 0 Å². The number of hydrogen-bond donors (Lipinski definition) is 6. The van der Waals surface area contributed by atoms with Gasteiger partial charge >= 0.3 is 29.1 Å². The number of alkyl halides is 6. The first-order chi connectivity index (χ1) is 51.0. The van der Waals surface area contributed by atoms with Crippen LogP contribution in [0, 0.1) is 0 Å². The number of Topliss-reactive ketones (excluding diaryl/α,β-unsaturated/α-hetero) is 4. The minimum absolute atomic E-state index is 0. The number of carboxylic acids is 1. The molecule has 3 atom stereocenters. The number of nitrogen functional groups attached to an aromatic ring is 4. The van der Waals surface area contributed by atoms with E-state index in [1.54, 1.807) is 21.6 Å². The molecule has 3 aliphatic rings. The van der Waals surface area contributed by atoms with Gasteiger partial charge in [0.1, 0.15) is 23.1 Å². The number of carbonyl (C=O) groups is 6. The van der Waals surface area contributed by atoms with E-state index in [1.165, 1.54) is 63.2 Å². The fraction of sp³-hybridized carbons (Fsp3) is 0.432. The molecule has 36 heteroatoms. The van der Waals surface area contributed by atoms with Crippen LogP contribution in [0.25, 0.3) is 0 Å².